The number of rotatable bonds is 1. The second-order valence-corrected chi connectivity index (χ2v) is 7.05. The summed E-state index contributed by atoms with van der Waals surface area (Å²) in [5.41, 5.74) is 0.307. The number of aryl methyl sites for hydroxylation is 1. The zero-order valence-electron chi connectivity index (χ0n) is 13.3. The fourth-order valence-electron chi connectivity index (χ4n) is 3.89. The maximum Gasteiger partial charge on any atom is 0.431 e. The molecule has 0 N–H and O–H groups in total. The van der Waals surface area contributed by atoms with Gasteiger partial charge < -0.3 is 9.77 Å². The molecule has 3 heterocycles. The molecule has 1 aromatic heterocycles. The van der Waals surface area contributed by atoms with Crippen molar-refractivity contribution >= 4 is 22.9 Å². The molecule has 0 bridgehead atoms. The number of quaternary nitrogens is 1. The van der Waals surface area contributed by atoms with E-state index in [1.54, 1.807) is 6.20 Å². The van der Waals surface area contributed by atoms with Crippen LogP contribution in [0, 0.1) is 16.0 Å². The van der Waals surface area contributed by atoms with Gasteiger partial charge in [-0.05, 0) is 19.1 Å². The first-order valence-corrected chi connectivity index (χ1v) is 7.66. The van der Waals surface area contributed by atoms with Gasteiger partial charge in [0.15, 0.2) is 5.54 Å². The predicted molar refractivity (Wildman–Crippen MR) is 85.4 cm³/mol. The van der Waals surface area contributed by atoms with Crippen molar-refractivity contribution in [1.29, 1.82) is 0 Å². The summed E-state index contributed by atoms with van der Waals surface area (Å²) in [4.78, 5) is 12.7. The van der Waals surface area contributed by atoms with Gasteiger partial charge in [-0.1, -0.05) is 19.9 Å². The zero-order valence-corrected chi connectivity index (χ0v) is 13.3. The van der Waals surface area contributed by atoms with Gasteiger partial charge in [0.2, 0.25) is 0 Å². The molecule has 1 saturated heterocycles. The highest BCUT2D eigenvalue weighted by molar-refractivity contribution is 5.82. The Morgan fingerprint density at radius 1 is 1.36 bits per heavy atom. The lowest BCUT2D eigenvalue weighted by Gasteiger charge is -2.42. The van der Waals surface area contributed by atoms with E-state index in [1.807, 2.05) is 56.8 Å². The van der Waals surface area contributed by atoms with Crippen LogP contribution in [0.2, 0.25) is 0 Å². The summed E-state index contributed by atoms with van der Waals surface area (Å²) in [6.45, 7) is 6.20. The van der Waals surface area contributed by atoms with Gasteiger partial charge in [0.1, 0.15) is 11.4 Å². The third kappa shape index (κ3) is 1.31. The van der Waals surface area contributed by atoms with Gasteiger partial charge in [-0.15, -0.1) is 0 Å². The molecule has 114 valence electrons. The van der Waals surface area contributed by atoms with Crippen LogP contribution in [0.1, 0.15) is 20.8 Å². The SMILES string of the molecule is CC(C)C1(C)C[N+](=O)C2=c3c(ccc4ccn(C)c34)=C[N+]21[O-]. The zero-order chi connectivity index (χ0) is 15.9. The third-order valence-corrected chi connectivity index (χ3v) is 5.63. The second kappa shape index (κ2) is 3.86. The Bertz CT molecular complexity index is 956. The van der Waals surface area contributed by atoms with E-state index in [2.05, 4.69) is 0 Å². The van der Waals surface area contributed by atoms with E-state index >= 15 is 0 Å². The van der Waals surface area contributed by atoms with Gasteiger partial charge in [-0.2, -0.15) is 0 Å². The topological polar surface area (TPSA) is 48.1 Å². The number of hydroxylamine groups is 3. The standard InChI is InChI=1S/C17H20N3O2/c1-11(2)17(3)10-19(21)16-14-13(9-20(16,17)22)6-5-12-7-8-18(4)15(12)14/h5-9,11H,10H2,1-4H3/q+1. The molecule has 5 nitrogen and oxygen atoms in total. The Morgan fingerprint density at radius 2 is 2.09 bits per heavy atom. The number of aromatic nitrogens is 1. The lowest BCUT2D eigenvalue weighted by Crippen LogP contribution is -2.54. The van der Waals surface area contributed by atoms with Crippen molar-refractivity contribution in [2.45, 2.75) is 26.3 Å². The number of hydrogen-bond donors (Lipinski definition) is 0. The van der Waals surface area contributed by atoms with E-state index < -0.39 is 10.2 Å². The van der Waals surface area contributed by atoms with Gasteiger partial charge in [0, 0.05) is 29.5 Å². The number of nitrogens with zero attached hydrogens (tertiary/aromatic N) is 3. The maximum atomic E-state index is 13.7. The van der Waals surface area contributed by atoms with Crippen LogP contribution < -0.4 is 10.4 Å². The highest BCUT2D eigenvalue weighted by atomic mass is 16.6. The molecule has 1 fully saturated rings. The Labute approximate surface area is 128 Å². The highest BCUT2D eigenvalue weighted by Crippen LogP contribution is 2.44. The van der Waals surface area contributed by atoms with Gasteiger partial charge in [0.05, 0.1) is 15.5 Å². The van der Waals surface area contributed by atoms with E-state index in [0.29, 0.717) is 5.82 Å². The lowest BCUT2D eigenvalue weighted by atomic mass is 9.87. The molecule has 4 rings (SSSR count). The van der Waals surface area contributed by atoms with Gasteiger partial charge in [-0.3, -0.25) is 0 Å². The molecule has 0 amide bonds. The van der Waals surface area contributed by atoms with E-state index in [9.17, 15) is 10.1 Å². The number of benzene rings is 1. The minimum Gasteiger partial charge on any atom is -0.617 e. The smallest absolute Gasteiger partial charge is 0.431 e. The molecule has 0 aliphatic carbocycles. The largest absolute Gasteiger partial charge is 0.617 e. The van der Waals surface area contributed by atoms with Crippen LogP contribution in [0.25, 0.3) is 22.9 Å². The first kappa shape index (κ1) is 13.7. The average Bonchev–Trinajstić information content (AvgIpc) is 3.01. The molecule has 2 aromatic rings. The van der Waals surface area contributed by atoms with E-state index in [1.165, 1.54) is 0 Å². The second-order valence-electron chi connectivity index (χ2n) is 7.05. The van der Waals surface area contributed by atoms with Crippen LogP contribution >= 0.6 is 0 Å². The first-order chi connectivity index (χ1) is 10.3. The summed E-state index contributed by atoms with van der Waals surface area (Å²) in [7, 11) is 1.95. The highest BCUT2D eigenvalue weighted by Gasteiger charge is 2.64. The minimum atomic E-state index is -0.659. The van der Waals surface area contributed by atoms with Crippen molar-refractivity contribution in [2.75, 3.05) is 6.54 Å². The molecule has 0 radical (unpaired) electrons. The molecule has 2 unspecified atom stereocenters. The van der Waals surface area contributed by atoms with Crippen LogP contribution in [-0.4, -0.2) is 26.1 Å². The first-order valence-electron chi connectivity index (χ1n) is 7.66. The summed E-state index contributed by atoms with van der Waals surface area (Å²) in [5.74, 6) is 0.451. The summed E-state index contributed by atoms with van der Waals surface area (Å²) < 4.78 is 2.26. The fraction of sp³-hybridized carbons (Fsp3) is 0.412. The van der Waals surface area contributed by atoms with Crippen molar-refractivity contribution < 1.29 is 9.41 Å². The number of hydrogen-bond acceptors (Lipinski definition) is 2. The third-order valence-electron chi connectivity index (χ3n) is 5.63. The lowest BCUT2D eigenvalue weighted by molar-refractivity contribution is -0.791. The normalized spacial score (nSPS) is 30.1. The van der Waals surface area contributed by atoms with Crippen LogP contribution in [0.3, 0.4) is 0 Å². The quantitative estimate of drug-likeness (QED) is 0.455. The summed E-state index contributed by atoms with van der Waals surface area (Å²) in [5, 5.41) is 16.4. The summed E-state index contributed by atoms with van der Waals surface area (Å²) in [6.07, 6.45) is 3.68. The Balaban J connectivity index is 2.22. The van der Waals surface area contributed by atoms with Crippen molar-refractivity contribution in [3.63, 3.8) is 0 Å². The van der Waals surface area contributed by atoms with Crippen LogP contribution in [-0.2, 0) is 7.05 Å². The molecule has 2 aliphatic rings. The molecule has 0 saturated carbocycles. The molecule has 5 heteroatoms. The van der Waals surface area contributed by atoms with Crippen LogP contribution in [0.4, 0.5) is 0 Å². The van der Waals surface area contributed by atoms with Crippen molar-refractivity contribution in [1.82, 2.24) is 4.57 Å². The van der Waals surface area contributed by atoms with E-state index in [0.717, 1.165) is 26.1 Å². The van der Waals surface area contributed by atoms with Gasteiger partial charge >= 0.3 is 5.82 Å². The van der Waals surface area contributed by atoms with Crippen molar-refractivity contribution in [3.8, 4) is 0 Å². The number of nitroso groups, excluding NO2 is 1. The minimum absolute atomic E-state index is 0.105. The molecule has 2 aliphatic heterocycles. The van der Waals surface area contributed by atoms with Gasteiger partial charge in [0.25, 0.3) is 6.54 Å². The molecule has 22 heavy (non-hydrogen) atoms. The average molecular weight is 298 g/mol. The van der Waals surface area contributed by atoms with Crippen molar-refractivity contribution in [3.05, 3.63) is 44.9 Å². The van der Waals surface area contributed by atoms with Crippen LogP contribution in [0.5, 0.6) is 0 Å². The maximum absolute atomic E-state index is 13.7. The Morgan fingerprint density at radius 3 is 2.77 bits per heavy atom. The summed E-state index contributed by atoms with van der Waals surface area (Å²) >= 11 is 0. The molecule has 2 atom stereocenters. The number of fused-ring (bicyclic) bond motifs is 4. The predicted octanol–water partition coefficient (Wildman–Crippen LogP) is 1.52. The van der Waals surface area contributed by atoms with E-state index in [-0.39, 0.29) is 12.5 Å². The monoisotopic (exact) mass is 298 g/mol. The van der Waals surface area contributed by atoms with Crippen molar-refractivity contribution in [2.24, 2.45) is 13.0 Å². The van der Waals surface area contributed by atoms with Gasteiger partial charge in [-0.25, -0.2) is 4.65 Å². The molecular formula is C17H20N3O2+. The van der Waals surface area contributed by atoms with Crippen LogP contribution in [0.15, 0.2) is 24.4 Å². The molecule has 1 aromatic carbocycles. The van der Waals surface area contributed by atoms with E-state index in [4.69, 9.17) is 0 Å². The molecule has 0 spiro atoms. The summed E-state index contributed by atoms with van der Waals surface area (Å²) in [6, 6.07) is 5.98. The Hall–Kier alpha value is -1.98. The fourth-order valence-corrected chi connectivity index (χ4v) is 3.89. The molecular weight excluding hydrogens is 278 g/mol. The Kier molecular flexibility index (Phi) is 2.40.